The van der Waals surface area contributed by atoms with E-state index < -0.39 is 0 Å². The summed E-state index contributed by atoms with van der Waals surface area (Å²) in [6, 6.07) is 8.18. The number of carbonyl (C=O) groups excluding carboxylic acids is 1. The fourth-order valence-corrected chi connectivity index (χ4v) is 2.55. The lowest BCUT2D eigenvalue weighted by molar-refractivity contribution is -0.117. The van der Waals surface area contributed by atoms with Crippen LogP contribution in [0.3, 0.4) is 0 Å². The zero-order chi connectivity index (χ0) is 13.8. The highest BCUT2D eigenvalue weighted by Gasteiger charge is 2.21. The normalized spacial score (nSPS) is 18.7. The van der Waals surface area contributed by atoms with Crippen molar-refractivity contribution in [2.75, 3.05) is 24.5 Å². The molecular formula is C15H20N4O. The zero-order valence-corrected chi connectivity index (χ0v) is 11.6. The van der Waals surface area contributed by atoms with Crippen LogP contribution in [-0.4, -0.2) is 31.5 Å². The van der Waals surface area contributed by atoms with Gasteiger partial charge in [0.2, 0.25) is 5.91 Å². The second-order valence-corrected chi connectivity index (χ2v) is 5.18. The average Bonchev–Trinajstić information content (AvgIpc) is 2.93. The summed E-state index contributed by atoms with van der Waals surface area (Å²) in [7, 11) is 0. The van der Waals surface area contributed by atoms with Gasteiger partial charge in [0.25, 0.3) is 0 Å². The first-order chi connectivity index (χ1) is 9.83. The highest BCUT2D eigenvalue weighted by atomic mass is 16.2. The molecule has 1 fully saturated rings. The number of anilines is 1. The number of carbonyl (C=O) groups is 1. The summed E-state index contributed by atoms with van der Waals surface area (Å²) >= 11 is 0. The van der Waals surface area contributed by atoms with Gasteiger partial charge in [0.05, 0.1) is 0 Å². The first-order valence-electron chi connectivity index (χ1n) is 7.24. The Hall–Kier alpha value is -2.04. The van der Waals surface area contributed by atoms with E-state index in [-0.39, 0.29) is 5.91 Å². The van der Waals surface area contributed by atoms with Gasteiger partial charge >= 0.3 is 0 Å². The van der Waals surface area contributed by atoms with Crippen LogP contribution in [0, 0.1) is 0 Å². The maximum absolute atomic E-state index is 11.7. The Balaban J connectivity index is 1.58. The van der Waals surface area contributed by atoms with Gasteiger partial charge in [-0.15, -0.1) is 0 Å². The summed E-state index contributed by atoms with van der Waals surface area (Å²) in [5.41, 5.74) is 2.19. The molecule has 5 nitrogen and oxygen atoms in total. The molecule has 0 unspecified atom stereocenters. The molecule has 0 atom stereocenters. The molecule has 1 aromatic rings. The van der Waals surface area contributed by atoms with Crippen molar-refractivity contribution < 1.29 is 4.79 Å². The standard InChI is InChI=1S/C15H20N4O/c20-14-3-1-10-19(14)13-6-4-12(5-7-13)11-18-15-16-8-2-9-17-15/h4-7H,1-3,8-11H2,(H2,16,17,18). The minimum Gasteiger partial charge on any atom is -0.356 e. The molecule has 3 rings (SSSR count). The molecule has 1 saturated heterocycles. The molecule has 0 spiro atoms. The van der Waals surface area contributed by atoms with E-state index in [0.717, 1.165) is 50.7 Å². The van der Waals surface area contributed by atoms with Crippen molar-refractivity contribution in [2.45, 2.75) is 25.8 Å². The Morgan fingerprint density at radius 2 is 2.10 bits per heavy atom. The SMILES string of the molecule is O=C1CCCN1c1ccc(CNC2=NCCCN2)cc1. The summed E-state index contributed by atoms with van der Waals surface area (Å²) < 4.78 is 0. The van der Waals surface area contributed by atoms with Crippen LogP contribution in [-0.2, 0) is 11.3 Å². The molecule has 0 radical (unpaired) electrons. The maximum Gasteiger partial charge on any atom is 0.227 e. The molecule has 2 N–H and O–H groups in total. The van der Waals surface area contributed by atoms with Crippen LogP contribution < -0.4 is 15.5 Å². The van der Waals surface area contributed by atoms with E-state index in [1.54, 1.807) is 0 Å². The van der Waals surface area contributed by atoms with Crippen LogP contribution in [0.5, 0.6) is 0 Å². The first-order valence-corrected chi connectivity index (χ1v) is 7.24. The molecular weight excluding hydrogens is 252 g/mol. The molecule has 0 aromatic heterocycles. The zero-order valence-electron chi connectivity index (χ0n) is 11.6. The average molecular weight is 272 g/mol. The van der Waals surface area contributed by atoms with Gasteiger partial charge in [0.1, 0.15) is 0 Å². The topological polar surface area (TPSA) is 56.7 Å². The highest BCUT2D eigenvalue weighted by molar-refractivity contribution is 5.95. The Morgan fingerprint density at radius 1 is 1.25 bits per heavy atom. The van der Waals surface area contributed by atoms with Crippen molar-refractivity contribution in [1.82, 2.24) is 10.6 Å². The van der Waals surface area contributed by atoms with E-state index in [1.165, 1.54) is 5.56 Å². The summed E-state index contributed by atoms with van der Waals surface area (Å²) in [6.07, 6.45) is 2.74. The van der Waals surface area contributed by atoms with E-state index in [4.69, 9.17) is 0 Å². The van der Waals surface area contributed by atoms with Crippen LogP contribution in [0.15, 0.2) is 29.3 Å². The van der Waals surface area contributed by atoms with Gasteiger partial charge in [-0.25, -0.2) is 0 Å². The molecule has 0 bridgehead atoms. The summed E-state index contributed by atoms with van der Waals surface area (Å²) in [5, 5.41) is 6.53. The Labute approximate surface area is 119 Å². The Bertz CT molecular complexity index is 509. The minimum absolute atomic E-state index is 0.233. The minimum atomic E-state index is 0.233. The quantitative estimate of drug-likeness (QED) is 0.871. The first kappa shape index (κ1) is 13.0. The summed E-state index contributed by atoms with van der Waals surface area (Å²) in [5.74, 6) is 1.12. The molecule has 0 saturated carbocycles. The van der Waals surface area contributed by atoms with E-state index in [9.17, 15) is 4.79 Å². The largest absolute Gasteiger partial charge is 0.356 e. The van der Waals surface area contributed by atoms with Crippen molar-refractivity contribution >= 4 is 17.6 Å². The van der Waals surface area contributed by atoms with Crippen LogP contribution in [0.4, 0.5) is 5.69 Å². The number of hydrogen-bond acceptors (Lipinski definition) is 4. The van der Waals surface area contributed by atoms with E-state index in [2.05, 4.69) is 27.8 Å². The number of nitrogens with one attached hydrogen (secondary N) is 2. The highest BCUT2D eigenvalue weighted by Crippen LogP contribution is 2.21. The molecule has 1 aromatic carbocycles. The van der Waals surface area contributed by atoms with Crippen molar-refractivity contribution in [3.05, 3.63) is 29.8 Å². The van der Waals surface area contributed by atoms with E-state index in [1.807, 2.05) is 17.0 Å². The fraction of sp³-hybridized carbons (Fsp3) is 0.467. The predicted octanol–water partition coefficient (Wildman–Crippen LogP) is 1.25. The fourth-order valence-electron chi connectivity index (χ4n) is 2.55. The lowest BCUT2D eigenvalue weighted by Crippen LogP contribution is -2.40. The van der Waals surface area contributed by atoms with Crippen LogP contribution >= 0.6 is 0 Å². The van der Waals surface area contributed by atoms with Gasteiger partial charge in [-0.3, -0.25) is 9.79 Å². The van der Waals surface area contributed by atoms with Gasteiger partial charge in [-0.05, 0) is 30.5 Å². The predicted molar refractivity (Wildman–Crippen MR) is 79.8 cm³/mol. The second kappa shape index (κ2) is 5.94. The maximum atomic E-state index is 11.7. The molecule has 2 aliphatic heterocycles. The Kier molecular flexibility index (Phi) is 3.85. The van der Waals surface area contributed by atoms with Crippen molar-refractivity contribution in [3.8, 4) is 0 Å². The number of benzene rings is 1. The van der Waals surface area contributed by atoms with Gasteiger partial charge in [-0.2, -0.15) is 0 Å². The molecule has 2 heterocycles. The van der Waals surface area contributed by atoms with Crippen molar-refractivity contribution in [3.63, 3.8) is 0 Å². The summed E-state index contributed by atoms with van der Waals surface area (Å²) in [4.78, 5) is 17.9. The van der Waals surface area contributed by atoms with Gasteiger partial charge < -0.3 is 15.5 Å². The number of nitrogens with zero attached hydrogens (tertiary/aromatic N) is 2. The van der Waals surface area contributed by atoms with Gasteiger partial charge in [0.15, 0.2) is 5.96 Å². The molecule has 0 aliphatic carbocycles. The molecule has 5 heteroatoms. The smallest absolute Gasteiger partial charge is 0.227 e. The second-order valence-electron chi connectivity index (χ2n) is 5.18. The lowest BCUT2D eigenvalue weighted by atomic mass is 10.2. The van der Waals surface area contributed by atoms with Gasteiger partial charge in [-0.1, -0.05) is 12.1 Å². The van der Waals surface area contributed by atoms with Crippen LogP contribution in [0.2, 0.25) is 0 Å². The van der Waals surface area contributed by atoms with Gasteiger partial charge in [0, 0.05) is 38.3 Å². The molecule has 2 aliphatic rings. The van der Waals surface area contributed by atoms with Crippen LogP contribution in [0.1, 0.15) is 24.8 Å². The van der Waals surface area contributed by atoms with E-state index >= 15 is 0 Å². The van der Waals surface area contributed by atoms with Crippen LogP contribution in [0.25, 0.3) is 0 Å². The number of aliphatic imine (C=N–C) groups is 1. The third-order valence-corrected chi connectivity index (χ3v) is 3.68. The molecule has 1 amide bonds. The lowest BCUT2D eigenvalue weighted by Gasteiger charge is -2.17. The molecule has 106 valence electrons. The van der Waals surface area contributed by atoms with E-state index in [0.29, 0.717) is 6.42 Å². The number of hydrogen-bond donors (Lipinski definition) is 2. The number of guanidine groups is 1. The molecule has 20 heavy (non-hydrogen) atoms. The van der Waals surface area contributed by atoms with Crippen molar-refractivity contribution in [1.29, 1.82) is 0 Å². The monoisotopic (exact) mass is 272 g/mol. The Morgan fingerprint density at radius 3 is 2.75 bits per heavy atom. The number of amides is 1. The third kappa shape index (κ3) is 2.92. The van der Waals surface area contributed by atoms with Crippen molar-refractivity contribution in [2.24, 2.45) is 4.99 Å². The summed E-state index contributed by atoms with van der Waals surface area (Å²) in [6.45, 7) is 3.48. The third-order valence-electron chi connectivity index (χ3n) is 3.68. The number of rotatable bonds is 3.